The van der Waals surface area contributed by atoms with Crippen LogP contribution >= 0.6 is 0 Å². The smallest absolute Gasteiger partial charge is 0.141 e. The van der Waals surface area contributed by atoms with Crippen molar-refractivity contribution in [1.82, 2.24) is 0 Å². The molecule has 0 saturated heterocycles. The van der Waals surface area contributed by atoms with Gasteiger partial charge in [0.05, 0.1) is 0 Å². The van der Waals surface area contributed by atoms with Gasteiger partial charge in [0.15, 0.2) is 0 Å². The van der Waals surface area contributed by atoms with Crippen molar-refractivity contribution in [2.45, 2.75) is 289 Å². The van der Waals surface area contributed by atoms with Gasteiger partial charge in [-0.2, -0.15) is 0 Å². The van der Waals surface area contributed by atoms with E-state index < -0.39 is 5.60 Å². The van der Waals surface area contributed by atoms with Gasteiger partial charge in [0, 0.05) is 11.1 Å². The molecule has 0 aromatic heterocycles. The number of aliphatic hydroxyl groups is 1. The maximum absolute atomic E-state index is 14.7. The lowest BCUT2D eigenvalue weighted by atomic mass is 9.83. The van der Waals surface area contributed by atoms with Crippen LogP contribution in [0.1, 0.15) is 298 Å². The van der Waals surface area contributed by atoms with E-state index in [1.165, 1.54) is 280 Å². The molecule has 0 spiro atoms. The van der Waals surface area contributed by atoms with Crippen LogP contribution in [0.15, 0.2) is 60.7 Å². The lowest BCUT2D eigenvalue weighted by molar-refractivity contribution is 0.130. The van der Waals surface area contributed by atoms with Gasteiger partial charge in [0.1, 0.15) is 11.4 Å². The van der Waals surface area contributed by atoms with Crippen LogP contribution in [0.5, 0.6) is 0 Å². The first-order valence-electron chi connectivity index (χ1n) is 28.8. The van der Waals surface area contributed by atoms with E-state index in [1.807, 2.05) is 6.07 Å². The fourth-order valence-corrected chi connectivity index (χ4v) is 10.9. The molecule has 0 unspecified atom stereocenters. The van der Waals surface area contributed by atoms with Gasteiger partial charge in [0.2, 0.25) is 0 Å². The first-order valence-corrected chi connectivity index (χ1v) is 28.8. The van der Waals surface area contributed by atoms with E-state index in [2.05, 4.69) is 50.2 Å². The third-order valence-electron chi connectivity index (χ3n) is 15.1. The molecule has 0 radical (unpaired) electrons. The van der Waals surface area contributed by atoms with Gasteiger partial charge >= 0.3 is 0 Å². The fraction of sp³-hybridized carbons (Fsp3) is 0.714. The second-order valence-corrected chi connectivity index (χ2v) is 20.9. The van der Waals surface area contributed by atoms with E-state index in [0.717, 1.165) is 35.1 Å². The number of unbranched alkanes of at least 4 members (excludes halogenated alkanes) is 38. The quantitative estimate of drug-likeness (QED) is 0.0561. The third-order valence-corrected chi connectivity index (χ3v) is 15.1. The Morgan fingerprint density at radius 1 is 0.338 bits per heavy atom. The minimum Gasteiger partial charge on any atom is -0.376 e. The van der Waals surface area contributed by atoms with Crippen molar-refractivity contribution >= 4 is 0 Å². The number of rotatable bonds is 43. The number of fused-ring (bicyclic) bond motifs is 3. The molecule has 1 nitrogen and oxygen atoms in total. The van der Waals surface area contributed by atoms with Gasteiger partial charge in [0.25, 0.3) is 0 Å². The number of aryl methyl sites for hydroxylation is 2. The van der Waals surface area contributed by atoms with Crippen LogP contribution in [0, 0.1) is 5.82 Å². The maximum atomic E-state index is 14.7. The SMILES string of the molecule is CCCCCCCCCCCCCCCCCCCCCCc1ccc2c(c1)C(O)(c1cccc(F)c1)c1cc(CCCCCCCCCCCCCCCCCCCCCC)ccc1-2. The Hall–Kier alpha value is -2.45. The Kier molecular flexibility index (Phi) is 30.3. The molecule has 1 N–H and O–H groups in total. The molecule has 0 atom stereocenters. The Labute approximate surface area is 402 Å². The standard InChI is InChI=1S/C63H101FO/c1-3-5-7-9-11-13-15-17-19-21-23-25-27-29-31-33-35-37-39-41-44-55-48-50-59-60-51-49-56(53-62(60)63(65,61(59)52-55)57-46-43-47-58(64)54-57)45-42-40-38-36-34-32-30-28-26-24-22-20-18-16-14-12-10-8-6-4-2/h43,46-54,65H,3-42,44-45H2,1-2H3. The molecule has 65 heavy (non-hydrogen) atoms. The van der Waals surface area contributed by atoms with E-state index in [1.54, 1.807) is 6.07 Å². The fourth-order valence-electron chi connectivity index (χ4n) is 10.9. The van der Waals surface area contributed by atoms with E-state index >= 15 is 0 Å². The molecule has 2 heteroatoms. The van der Waals surface area contributed by atoms with Crippen molar-refractivity contribution < 1.29 is 9.50 Å². The summed E-state index contributed by atoms with van der Waals surface area (Å²) in [6.07, 6.45) is 57.9. The number of benzene rings is 3. The Bertz CT molecular complexity index is 1510. The zero-order valence-corrected chi connectivity index (χ0v) is 42.8. The van der Waals surface area contributed by atoms with E-state index in [0.29, 0.717) is 5.56 Å². The van der Waals surface area contributed by atoms with Crippen LogP contribution in [-0.2, 0) is 18.4 Å². The maximum Gasteiger partial charge on any atom is 0.141 e. The van der Waals surface area contributed by atoms with E-state index in [9.17, 15) is 9.50 Å². The molecule has 0 heterocycles. The van der Waals surface area contributed by atoms with Gasteiger partial charge in [-0.15, -0.1) is 0 Å². The van der Waals surface area contributed by atoms with Crippen LogP contribution < -0.4 is 0 Å². The highest BCUT2D eigenvalue weighted by Gasteiger charge is 2.43. The average molecular weight is 893 g/mol. The summed E-state index contributed by atoms with van der Waals surface area (Å²) in [4.78, 5) is 0. The highest BCUT2D eigenvalue weighted by Crippen LogP contribution is 2.51. The summed E-state index contributed by atoms with van der Waals surface area (Å²) in [6.45, 7) is 4.60. The lowest BCUT2D eigenvalue weighted by Crippen LogP contribution is -2.26. The van der Waals surface area contributed by atoms with Crippen molar-refractivity contribution in [2.75, 3.05) is 0 Å². The molecule has 0 fully saturated rings. The number of hydrogen-bond acceptors (Lipinski definition) is 1. The molecule has 0 bridgehead atoms. The monoisotopic (exact) mass is 893 g/mol. The van der Waals surface area contributed by atoms with Crippen molar-refractivity contribution in [1.29, 1.82) is 0 Å². The highest BCUT2D eigenvalue weighted by molar-refractivity contribution is 5.83. The molecular weight excluding hydrogens is 792 g/mol. The third kappa shape index (κ3) is 22.0. The van der Waals surface area contributed by atoms with Gasteiger partial charge < -0.3 is 5.11 Å². The molecule has 3 aromatic carbocycles. The second kappa shape index (κ2) is 35.7. The van der Waals surface area contributed by atoms with Crippen LogP contribution in [0.3, 0.4) is 0 Å². The summed E-state index contributed by atoms with van der Waals surface area (Å²) in [5.41, 5.74) is 5.84. The van der Waals surface area contributed by atoms with Crippen LogP contribution in [0.4, 0.5) is 4.39 Å². The average Bonchev–Trinajstić information content (AvgIpc) is 3.57. The van der Waals surface area contributed by atoms with Gasteiger partial charge in [-0.3, -0.25) is 0 Å². The zero-order valence-electron chi connectivity index (χ0n) is 42.8. The van der Waals surface area contributed by atoms with Crippen molar-refractivity contribution in [3.8, 4) is 11.1 Å². The summed E-state index contributed by atoms with van der Waals surface area (Å²) in [5, 5.41) is 12.8. The predicted octanol–water partition coefficient (Wildman–Crippen LogP) is 20.8. The van der Waals surface area contributed by atoms with Crippen molar-refractivity contribution in [3.05, 3.63) is 94.3 Å². The molecule has 1 aliphatic rings. The van der Waals surface area contributed by atoms with Crippen LogP contribution in [0.25, 0.3) is 11.1 Å². The highest BCUT2D eigenvalue weighted by atomic mass is 19.1. The Morgan fingerprint density at radius 2 is 0.615 bits per heavy atom. The molecule has 366 valence electrons. The second-order valence-electron chi connectivity index (χ2n) is 20.9. The molecule has 3 aromatic rings. The molecule has 0 aliphatic heterocycles. The Morgan fingerprint density at radius 3 is 0.892 bits per heavy atom. The van der Waals surface area contributed by atoms with Gasteiger partial charge in [-0.1, -0.05) is 306 Å². The molecular formula is C63H101FO. The van der Waals surface area contributed by atoms with Crippen LogP contribution in [0.2, 0.25) is 0 Å². The summed E-state index contributed by atoms with van der Waals surface area (Å²) in [6, 6.07) is 20.1. The van der Waals surface area contributed by atoms with Crippen LogP contribution in [-0.4, -0.2) is 5.11 Å². The minimum atomic E-state index is -1.35. The number of halogens is 1. The summed E-state index contributed by atoms with van der Waals surface area (Å²) in [7, 11) is 0. The summed E-state index contributed by atoms with van der Waals surface area (Å²) in [5.74, 6) is -0.299. The minimum absolute atomic E-state index is 0.299. The van der Waals surface area contributed by atoms with Crippen molar-refractivity contribution in [2.24, 2.45) is 0 Å². The van der Waals surface area contributed by atoms with Gasteiger partial charge in [-0.25, -0.2) is 4.39 Å². The molecule has 0 amide bonds. The van der Waals surface area contributed by atoms with E-state index in [-0.39, 0.29) is 5.82 Å². The molecule has 4 rings (SSSR count). The first kappa shape index (κ1) is 55.1. The topological polar surface area (TPSA) is 20.2 Å². The summed E-state index contributed by atoms with van der Waals surface area (Å²) >= 11 is 0. The summed E-state index contributed by atoms with van der Waals surface area (Å²) < 4.78 is 14.7. The largest absolute Gasteiger partial charge is 0.376 e. The zero-order chi connectivity index (χ0) is 45.9. The lowest BCUT2D eigenvalue weighted by Gasteiger charge is -2.27. The molecule has 0 saturated carbocycles. The van der Waals surface area contributed by atoms with Gasteiger partial charge in [-0.05, 0) is 65.6 Å². The number of hydrogen-bond donors (Lipinski definition) is 1. The molecule has 1 aliphatic carbocycles. The predicted molar refractivity (Wildman–Crippen MR) is 284 cm³/mol. The van der Waals surface area contributed by atoms with E-state index in [4.69, 9.17) is 0 Å². The Balaban J connectivity index is 1.07. The van der Waals surface area contributed by atoms with Crippen molar-refractivity contribution in [3.63, 3.8) is 0 Å². The normalized spacial score (nSPS) is 12.9. The first-order chi connectivity index (χ1) is 32.1.